The maximum absolute atomic E-state index is 10.0. The molecule has 0 bridgehead atoms. The SMILES string of the molecule is CC(NCC(O)c1ccco1)c1cc2cc(Br)ccc2[nH]1. The molecule has 3 aromatic rings. The normalized spacial score (nSPS) is 14.4. The van der Waals surface area contributed by atoms with Crippen LogP contribution in [0.2, 0.25) is 0 Å². The number of nitrogens with one attached hydrogen (secondary N) is 2. The lowest BCUT2D eigenvalue weighted by molar-refractivity contribution is 0.144. The molecule has 0 aliphatic rings. The Hall–Kier alpha value is -1.56. The summed E-state index contributed by atoms with van der Waals surface area (Å²) in [5, 5.41) is 14.5. The second-order valence-electron chi connectivity index (χ2n) is 5.12. The number of aliphatic hydroxyl groups is 1. The number of hydrogen-bond acceptors (Lipinski definition) is 3. The number of halogens is 1. The molecule has 0 saturated heterocycles. The zero-order chi connectivity index (χ0) is 14.8. The summed E-state index contributed by atoms with van der Waals surface area (Å²) >= 11 is 3.48. The van der Waals surface area contributed by atoms with Crippen LogP contribution in [0.1, 0.15) is 30.5 Å². The average Bonchev–Trinajstić information content (AvgIpc) is 3.12. The zero-order valence-corrected chi connectivity index (χ0v) is 13.2. The van der Waals surface area contributed by atoms with Crippen LogP contribution >= 0.6 is 15.9 Å². The van der Waals surface area contributed by atoms with Crippen LogP contribution in [0.4, 0.5) is 0 Å². The first kappa shape index (κ1) is 14.4. The maximum Gasteiger partial charge on any atom is 0.133 e. The van der Waals surface area contributed by atoms with Crippen LogP contribution < -0.4 is 5.32 Å². The molecule has 3 rings (SSSR count). The minimum atomic E-state index is -0.638. The van der Waals surface area contributed by atoms with Crippen molar-refractivity contribution in [3.8, 4) is 0 Å². The molecule has 2 unspecified atom stereocenters. The fourth-order valence-corrected chi connectivity index (χ4v) is 2.72. The quantitative estimate of drug-likeness (QED) is 0.655. The van der Waals surface area contributed by atoms with Crippen molar-refractivity contribution in [2.45, 2.75) is 19.1 Å². The molecule has 0 radical (unpaired) electrons. The number of rotatable bonds is 5. The fourth-order valence-electron chi connectivity index (χ4n) is 2.34. The van der Waals surface area contributed by atoms with E-state index in [1.807, 2.05) is 12.1 Å². The van der Waals surface area contributed by atoms with Crippen LogP contribution in [0, 0.1) is 0 Å². The summed E-state index contributed by atoms with van der Waals surface area (Å²) in [6.07, 6.45) is 0.929. The number of aromatic nitrogens is 1. The molecule has 0 amide bonds. The van der Waals surface area contributed by atoms with Gasteiger partial charge >= 0.3 is 0 Å². The van der Waals surface area contributed by atoms with E-state index >= 15 is 0 Å². The lowest BCUT2D eigenvalue weighted by Crippen LogP contribution is -2.24. The van der Waals surface area contributed by atoms with Gasteiger partial charge in [-0.15, -0.1) is 0 Å². The van der Waals surface area contributed by atoms with E-state index in [0.29, 0.717) is 12.3 Å². The largest absolute Gasteiger partial charge is 0.467 e. The van der Waals surface area contributed by atoms with Crippen molar-refractivity contribution in [1.82, 2.24) is 10.3 Å². The van der Waals surface area contributed by atoms with Gasteiger partial charge in [0.25, 0.3) is 0 Å². The molecule has 0 fully saturated rings. The third-order valence-electron chi connectivity index (χ3n) is 3.56. The fraction of sp³-hybridized carbons (Fsp3) is 0.250. The number of furan rings is 1. The van der Waals surface area contributed by atoms with Crippen LogP contribution in [-0.4, -0.2) is 16.6 Å². The molecule has 4 nitrogen and oxygen atoms in total. The second kappa shape index (κ2) is 6.05. The van der Waals surface area contributed by atoms with Gasteiger partial charge in [-0.25, -0.2) is 0 Å². The van der Waals surface area contributed by atoms with Crippen molar-refractivity contribution in [2.24, 2.45) is 0 Å². The minimum absolute atomic E-state index is 0.112. The van der Waals surface area contributed by atoms with E-state index < -0.39 is 6.10 Å². The molecule has 0 saturated carbocycles. The highest BCUT2D eigenvalue weighted by Gasteiger charge is 2.14. The zero-order valence-electron chi connectivity index (χ0n) is 11.6. The van der Waals surface area contributed by atoms with Gasteiger partial charge in [0, 0.05) is 33.7 Å². The number of H-pyrrole nitrogens is 1. The van der Waals surface area contributed by atoms with Gasteiger partial charge in [0.05, 0.1) is 6.26 Å². The summed E-state index contributed by atoms with van der Waals surface area (Å²) in [5.74, 6) is 0.579. The molecule has 0 aliphatic carbocycles. The van der Waals surface area contributed by atoms with Crippen molar-refractivity contribution in [2.75, 3.05) is 6.54 Å². The van der Waals surface area contributed by atoms with Crippen LogP contribution in [0.15, 0.2) is 51.6 Å². The lowest BCUT2D eigenvalue weighted by atomic mass is 10.2. The van der Waals surface area contributed by atoms with E-state index in [1.54, 1.807) is 18.4 Å². The molecule has 3 N–H and O–H groups in total. The third-order valence-corrected chi connectivity index (χ3v) is 4.05. The Morgan fingerprint density at radius 3 is 2.95 bits per heavy atom. The Morgan fingerprint density at radius 1 is 1.33 bits per heavy atom. The van der Waals surface area contributed by atoms with Crippen LogP contribution in [0.5, 0.6) is 0 Å². The topological polar surface area (TPSA) is 61.2 Å². The van der Waals surface area contributed by atoms with Crippen LogP contribution in [0.25, 0.3) is 10.9 Å². The summed E-state index contributed by atoms with van der Waals surface area (Å²) in [7, 11) is 0. The van der Waals surface area contributed by atoms with Gasteiger partial charge < -0.3 is 19.8 Å². The summed E-state index contributed by atoms with van der Waals surface area (Å²) in [5.41, 5.74) is 2.20. The molecule has 5 heteroatoms. The van der Waals surface area contributed by atoms with Gasteiger partial charge in [0.2, 0.25) is 0 Å². The molecule has 2 atom stereocenters. The van der Waals surface area contributed by atoms with Gasteiger partial charge in [-0.05, 0) is 43.3 Å². The number of aliphatic hydroxyl groups excluding tert-OH is 1. The van der Waals surface area contributed by atoms with Crippen molar-refractivity contribution >= 4 is 26.8 Å². The first-order valence-corrected chi connectivity index (χ1v) is 7.66. The van der Waals surface area contributed by atoms with Crippen LogP contribution in [0.3, 0.4) is 0 Å². The highest BCUT2D eigenvalue weighted by atomic mass is 79.9. The van der Waals surface area contributed by atoms with Crippen molar-refractivity contribution in [1.29, 1.82) is 0 Å². The van der Waals surface area contributed by atoms with E-state index in [-0.39, 0.29) is 6.04 Å². The number of benzene rings is 1. The number of aromatic amines is 1. The minimum Gasteiger partial charge on any atom is -0.467 e. The maximum atomic E-state index is 10.0. The Kier molecular flexibility index (Phi) is 4.14. The highest BCUT2D eigenvalue weighted by molar-refractivity contribution is 9.10. The highest BCUT2D eigenvalue weighted by Crippen LogP contribution is 2.23. The molecule has 2 heterocycles. The molecule has 0 spiro atoms. The summed E-state index contributed by atoms with van der Waals surface area (Å²) in [6.45, 7) is 2.50. The first-order chi connectivity index (χ1) is 10.1. The monoisotopic (exact) mass is 348 g/mol. The van der Waals surface area contributed by atoms with E-state index in [9.17, 15) is 5.11 Å². The molecule has 110 valence electrons. The summed E-state index contributed by atoms with van der Waals surface area (Å²) in [6, 6.07) is 11.9. The van der Waals surface area contributed by atoms with Crippen molar-refractivity contribution < 1.29 is 9.52 Å². The van der Waals surface area contributed by atoms with Gasteiger partial charge in [-0.2, -0.15) is 0 Å². The van der Waals surface area contributed by atoms with Gasteiger partial charge in [-0.3, -0.25) is 0 Å². The smallest absolute Gasteiger partial charge is 0.133 e. The van der Waals surface area contributed by atoms with Gasteiger partial charge in [0.15, 0.2) is 0 Å². The predicted molar refractivity (Wildman–Crippen MR) is 86.1 cm³/mol. The average molecular weight is 349 g/mol. The molecular formula is C16H17BrN2O2. The van der Waals surface area contributed by atoms with Crippen molar-refractivity contribution in [3.63, 3.8) is 0 Å². The molecule has 1 aromatic carbocycles. The lowest BCUT2D eigenvalue weighted by Gasteiger charge is -2.15. The molecular weight excluding hydrogens is 332 g/mol. The molecule has 2 aromatic heterocycles. The van der Waals surface area contributed by atoms with Gasteiger partial charge in [0.1, 0.15) is 11.9 Å². The molecule has 0 aliphatic heterocycles. The Morgan fingerprint density at radius 2 is 2.19 bits per heavy atom. The Balaban J connectivity index is 1.67. The second-order valence-corrected chi connectivity index (χ2v) is 6.03. The third kappa shape index (κ3) is 3.20. The predicted octanol–water partition coefficient (Wildman–Crippen LogP) is 3.91. The van der Waals surface area contributed by atoms with E-state index in [4.69, 9.17) is 4.42 Å². The number of fused-ring (bicyclic) bond motifs is 1. The standard InChI is InChI=1S/C16H17BrN2O2/c1-10(18-9-15(20)16-3-2-6-21-16)14-8-11-7-12(17)4-5-13(11)19-14/h2-8,10,15,18-20H,9H2,1H3. The van der Waals surface area contributed by atoms with E-state index in [0.717, 1.165) is 15.7 Å². The van der Waals surface area contributed by atoms with Crippen LogP contribution in [-0.2, 0) is 0 Å². The molecule has 21 heavy (non-hydrogen) atoms. The first-order valence-electron chi connectivity index (χ1n) is 6.86. The number of hydrogen-bond donors (Lipinski definition) is 3. The summed E-state index contributed by atoms with van der Waals surface area (Å²) in [4.78, 5) is 3.39. The Labute approximate surface area is 131 Å². The summed E-state index contributed by atoms with van der Waals surface area (Å²) < 4.78 is 6.26. The van der Waals surface area contributed by atoms with Gasteiger partial charge in [-0.1, -0.05) is 15.9 Å². The Bertz CT molecular complexity index is 721. The van der Waals surface area contributed by atoms with Crippen molar-refractivity contribution in [3.05, 3.63) is 58.6 Å². The van der Waals surface area contributed by atoms with E-state index in [1.165, 1.54) is 5.39 Å². The van der Waals surface area contributed by atoms with E-state index in [2.05, 4.69) is 45.3 Å².